The van der Waals surface area contributed by atoms with E-state index in [9.17, 15) is 19.4 Å². The molecule has 1 unspecified atom stereocenters. The third-order valence-electron chi connectivity index (χ3n) is 5.25. The van der Waals surface area contributed by atoms with E-state index in [0.29, 0.717) is 37.1 Å². The van der Waals surface area contributed by atoms with Crippen LogP contribution in [0.4, 0.5) is 4.39 Å². The maximum absolute atomic E-state index is 14.6. The lowest BCUT2D eigenvalue weighted by molar-refractivity contribution is -0.138. The van der Waals surface area contributed by atoms with Gasteiger partial charge in [-0.25, -0.2) is 4.39 Å². The number of likely N-dealkylation sites (tertiary alicyclic amines) is 1. The number of amides is 1. The Morgan fingerprint density at radius 2 is 1.85 bits per heavy atom. The number of halogens is 1. The standard InChI is InChI=1S/C21H24FNO3/c1-15(20(25)23-11-9-21(26,14-24)10-12-23)17-7-8-18(19(22)13-17)16-5-3-2-4-6-16/h2-8,13,15,24,26H,9-12,14H2,1H3. The lowest BCUT2D eigenvalue weighted by Crippen LogP contribution is -2.49. The lowest BCUT2D eigenvalue weighted by atomic mass is 9.90. The summed E-state index contributed by atoms with van der Waals surface area (Å²) in [5.74, 6) is -0.895. The fraction of sp³-hybridized carbons (Fsp3) is 0.381. The van der Waals surface area contributed by atoms with Crippen molar-refractivity contribution in [3.8, 4) is 11.1 Å². The van der Waals surface area contributed by atoms with E-state index in [1.807, 2.05) is 30.3 Å². The molecule has 0 aromatic heterocycles. The number of nitrogens with zero attached hydrogens (tertiary/aromatic N) is 1. The molecule has 4 nitrogen and oxygen atoms in total. The lowest BCUT2D eigenvalue weighted by Gasteiger charge is -2.38. The van der Waals surface area contributed by atoms with E-state index in [2.05, 4.69) is 0 Å². The molecule has 0 saturated carbocycles. The molecule has 1 saturated heterocycles. The number of aliphatic hydroxyl groups is 2. The van der Waals surface area contributed by atoms with Crippen molar-refractivity contribution >= 4 is 5.91 Å². The van der Waals surface area contributed by atoms with Crippen molar-refractivity contribution in [1.82, 2.24) is 4.90 Å². The van der Waals surface area contributed by atoms with Crippen molar-refractivity contribution in [2.45, 2.75) is 31.3 Å². The van der Waals surface area contributed by atoms with Crippen LogP contribution >= 0.6 is 0 Å². The minimum atomic E-state index is -1.09. The second-order valence-corrected chi connectivity index (χ2v) is 7.03. The van der Waals surface area contributed by atoms with E-state index >= 15 is 0 Å². The maximum atomic E-state index is 14.6. The van der Waals surface area contributed by atoms with Crippen molar-refractivity contribution in [3.63, 3.8) is 0 Å². The van der Waals surface area contributed by atoms with Crippen LogP contribution in [-0.2, 0) is 4.79 Å². The van der Waals surface area contributed by atoms with Crippen molar-refractivity contribution in [2.75, 3.05) is 19.7 Å². The van der Waals surface area contributed by atoms with E-state index in [1.54, 1.807) is 24.0 Å². The summed E-state index contributed by atoms with van der Waals surface area (Å²) in [6.45, 7) is 2.26. The van der Waals surface area contributed by atoms with Gasteiger partial charge in [-0.3, -0.25) is 4.79 Å². The fourth-order valence-corrected chi connectivity index (χ4v) is 3.37. The second-order valence-electron chi connectivity index (χ2n) is 7.03. The number of rotatable bonds is 4. The number of benzene rings is 2. The molecule has 1 atom stereocenters. The second kappa shape index (κ2) is 7.56. The molecule has 0 spiro atoms. The zero-order chi connectivity index (χ0) is 18.7. The first-order valence-electron chi connectivity index (χ1n) is 8.90. The minimum Gasteiger partial charge on any atom is -0.393 e. The van der Waals surface area contributed by atoms with Gasteiger partial charge in [-0.05, 0) is 37.0 Å². The van der Waals surface area contributed by atoms with Gasteiger partial charge in [0.05, 0.1) is 18.1 Å². The summed E-state index contributed by atoms with van der Waals surface area (Å²) in [6, 6.07) is 14.2. The Labute approximate surface area is 152 Å². The first-order valence-corrected chi connectivity index (χ1v) is 8.90. The highest BCUT2D eigenvalue weighted by atomic mass is 19.1. The SMILES string of the molecule is CC(C(=O)N1CCC(O)(CO)CC1)c1ccc(-c2ccccc2)c(F)c1. The number of aliphatic hydroxyl groups excluding tert-OH is 1. The van der Waals surface area contributed by atoms with Crippen LogP contribution in [0.5, 0.6) is 0 Å². The largest absolute Gasteiger partial charge is 0.393 e. The van der Waals surface area contributed by atoms with Gasteiger partial charge in [-0.1, -0.05) is 42.5 Å². The molecule has 2 N–H and O–H groups in total. The number of carbonyl (C=O) groups is 1. The quantitative estimate of drug-likeness (QED) is 0.884. The molecule has 1 aliphatic heterocycles. The zero-order valence-electron chi connectivity index (χ0n) is 14.9. The molecular formula is C21H24FNO3. The van der Waals surface area contributed by atoms with Gasteiger partial charge in [0.2, 0.25) is 5.91 Å². The Bertz CT molecular complexity index is 770. The predicted molar refractivity (Wildman–Crippen MR) is 98.1 cm³/mol. The van der Waals surface area contributed by atoms with Gasteiger partial charge in [0.25, 0.3) is 0 Å². The summed E-state index contributed by atoms with van der Waals surface area (Å²) in [5.41, 5.74) is 0.855. The number of carbonyl (C=O) groups excluding carboxylic acids is 1. The average molecular weight is 357 g/mol. The van der Waals surface area contributed by atoms with Gasteiger partial charge in [-0.2, -0.15) is 0 Å². The van der Waals surface area contributed by atoms with Crippen LogP contribution in [0.3, 0.4) is 0 Å². The first-order chi connectivity index (χ1) is 12.4. The van der Waals surface area contributed by atoms with Crippen LogP contribution in [0.1, 0.15) is 31.2 Å². The molecule has 1 heterocycles. The third kappa shape index (κ3) is 3.79. The van der Waals surface area contributed by atoms with Crippen LogP contribution < -0.4 is 0 Å². The van der Waals surface area contributed by atoms with Crippen LogP contribution in [0.25, 0.3) is 11.1 Å². The Hall–Kier alpha value is -2.24. The maximum Gasteiger partial charge on any atom is 0.229 e. The van der Waals surface area contributed by atoms with E-state index in [4.69, 9.17) is 0 Å². The van der Waals surface area contributed by atoms with Gasteiger partial charge < -0.3 is 15.1 Å². The Morgan fingerprint density at radius 3 is 2.42 bits per heavy atom. The van der Waals surface area contributed by atoms with Gasteiger partial charge in [0.15, 0.2) is 0 Å². The fourth-order valence-electron chi connectivity index (χ4n) is 3.37. The predicted octanol–water partition coefficient (Wildman–Crippen LogP) is 2.94. The van der Waals surface area contributed by atoms with Gasteiger partial charge in [0, 0.05) is 18.7 Å². The topological polar surface area (TPSA) is 60.8 Å². The van der Waals surface area contributed by atoms with E-state index in [1.165, 1.54) is 6.07 Å². The van der Waals surface area contributed by atoms with Gasteiger partial charge >= 0.3 is 0 Å². The smallest absolute Gasteiger partial charge is 0.229 e. The summed E-state index contributed by atoms with van der Waals surface area (Å²) in [4.78, 5) is 14.4. The third-order valence-corrected chi connectivity index (χ3v) is 5.25. The van der Waals surface area contributed by atoms with Crippen LogP contribution in [0.15, 0.2) is 48.5 Å². The molecule has 1 fully saturated rings. The highest BCUT2D eigenvalue weighted by Crippen LogP contribution is 2.29. The molecule has 138 valence electrons. The van der Waals surface area contributed by atoms with Gasteiger partial charge in [0.1, 0.15) is 5.82 Å². The number of hydrogen-bond donors (Lipinski definition) is 2. The molecule has 26 heavy (non-hydrogen) atoms. The summed E-state index contributed by atoms with van der Waals surface area (Å²) >= 11 is 0. The molecular weight excluding hydrogens is 333 g/mol. The van der Waals surface area contributed by atoms with Gasteiger partial charge in [-0.15, -0.1) is 0 Å². The van der Waals surface area contributed by atoms with E-state index in [0.717, 1.165) is 5.56 Å². The zero-order valence-corrected chi connectivity index (χ0v) is 14.9. The number of piperidine rings is 1. The summed E-state index contributed by atoms with van der Waals surface area (Å²) in [5, 5.41) is 19.3. The van der Waals surface area contributed by atoms with Crippen molar-refractivity contribution in [3.05, 3.63) is 59.9 Å². The van der Waals surface area contributed by atoms with Crippen LogP contribution in [0.2, 0.25) is 0 Å². The monoisotopic (exact) mass is 357 g/mol. The average Bonchev–Trinajstić information content (AvgIpc) is 2.68. The first kappa shape index (κ1) is 18.5. The van der Waals surface area contributed by atoms with Crippen LogP contribution in [0, 0.1) is 5.82 Å². The summed E-state index contributed by atoms with van der Waals surface area (Å²) in [6.07, 6.45) is 0.701. The Balaban J connectivity index is 1.73. The molecule has 0 radical (unpaired) electrons. The normalized spacial score (nSPS) is 17.8. The summed E-state index contributed by atoms with van der Waals surface area (Å²) in [7, 11) is 0. The van der Waals surface area contributed by atoms with E-state index in [-0.39, 0.29) is 18.3 Å². The molecule has 5 heteroatoms. The van der Waals surface area contributed by atoms with Crippen LogP contribution in [-0.4, -0.2) is 46.3 Å². The summed E-state index contributed by atoms with van der Waals surface area (Å²) < 4.78 is 14.6. The highest BCUT2D eigenvalue weighted by Gasteiger charge is 2.34. The molecule has 2 aromatic carbocycles. The molecule has 1 amide bonds. The molecule has 0 bridgehead atoms. The van der Waals surface area contributed by atoms with Crippen molar-refractivity contribution in [1.29, 1.82) is 0 Å². The highest BCUT2D eigenvalue weighted by molar-refractivity contribution is 5.83. The molecule has 2 aromatic rings. The molecule has 3 rings (SSSR count). The Kier molecular flexibility index (Phi) is 5.39. The van der Waals surface area contributed by atoms with Crippen molar-refractivity contribution < 1.29 is 19.4 Å². The Morgan fingerprint density at radius 1 is 1.19 bits per heavy atom. The minimum absolute atomic E-state index is 0.0862. The number of hydrogen-bond acceptors (Lipinski definition) is 3. The molecule has 0 aliphatic carbocycles. The van der Waals surface area contributed by atoms with E-state index < -0.39 is 11.5 Å². The molecule has 1 aliphatic rings. The van der Waals surface area contributed by atoms with Crippen molar-refractivity contribution in [2.24, 2.45) is 0 Å².